The fraction of sp³-hybridized carbons (Fsp3) is 0.364. The molecule has 0 amide bonds. The fourth-order valence-electron chi connectivity index (χ4n) is 3.25. The van der Waals surface area contributed by atoms with Crippen molar-refractivity contribution >= 4 is 21.6 Å². The van der Waals surface area contributed by atoms with Gasteiger partial charge in [0, 0.05) is 24.2 Å². The van der Waals surface area contributed by atoms with Crippen LogP contribution in [-0.2, 0) is 19.4 Å². The van der Waals surface area contributed by atoms with Crippen LogP contribution in [0, 0.1) is 5.41 Å². The summed E-state index contributed by atoms with van der Waals surface area (Å²) in [6, 6.07) is 5.55. The number of benzene rings is 1. The summed E-state index contributed by atoms with van der Waals surface area (Å²) in [7, 11) is -3.32. The molecule has 1 aromatic rings. The van der Waals surface area contributed by atoms with Crippen molar-refractivity contribution in [3.8, 4) is 5.75 Å². The predicted molar refractivity (Wildman–Crippen MR) is 110 cm³/mol. The molecule has 0 fully saturated rings. The number of rotatable bonds is 5. The number of esters is 1. The summed E-state index contributed by atoms with van der Waals surface area (Å²) in [6.45, 7) is 7.03. The van der Waals surface area contributed by atoms with Crippen LogP contribution in [-0.4, -0.2) is 37.1 Å². The molecule has 0 saturated carbocycles. The number of carbonyl (C=O) groups excluding carboxylic acids is 2. The highest BCUT2D eigenvalue weighted by Gasteiger charge is 2.46. The molecular formula is C22H26O6S. The zero-order valence-electron chi connectivity index (χ0n) is 17.2. The van der Waals surface area contributed by atoms with E-state index in [-0.39, 0.29) is 22.8 Å². The van der Waals surface area contributed by atoms with Crippen LogP contribution in [0.3, 0.4) is 0 Å². The van der Waals surface area contributed by atoms with Gasteiger partial charge in [-0.1, -0.05) is 19.9 Å². The minimum absolute atomic E-state index is 0.0247. The highest BCUT2D eigenvalue weighted by Crippen LogP contribution is 2.44. The van der Waals surface area contributed by atoms with Crippen molar-refractivity contribution in [2.45, 2.75) is 44.6 Å². The minimum atomic E-state index is -3.32. The highest BCUT2D eigenvalue weighted by molar-refractivity contribution is 7.90. The van der Waals surface area contributed by atoms with Gasteiger partial charge in [0.25, 0.3) is 0 Å². The first kappa shape index (κ1) is 22.8. The highest BCUT2D eigenvalue weighted by atomic mass is 32.2. The van der Waals surface area contributed by atoms with E-state index in [1.165, 1.54) is 36.4 Å². The smallest absolute Gasteiger partial charge is 0.336 e. The Hall–Kier alpha value is -2.51. The fourth-order valence-corrected chi connectivity index (χ4v) is 3.88. The van der Waals surface area contributed by atoms with Gasteiger partial charge in [0.2, 0.25) is 0 Å². The molecule has 0 aromatic heterocycles. The van der Waals surface area contributed by atoms with Crippen molar-refractivity contribution < 1.29 is 27.9 Å². The Morgan fingerprint density at radius 2 is 1.79 bits per heavy atom. The van der Waals surface area contributed by atoms with Gasteiger partial charge in [-0.2, -0.15) is 0 Å². The van der Waals surface area contributed by atoms with Crippen LogP contribution in [0.5, 0.6) is 5.75 Å². The number of aliphatic hydroxyl groups is 1. The summed E-state index contributed by atoms with van der Waals surface area (Å²) in [5.74, 6) is -0.431. The molecule has 1 aliphatic carbocycles. The van der Waals surface area contributed by atoms with Crippen molar-refractivity contribution in [1.82, 2.24) is 0 Å². The van der Waals surface area contributed by atoms with Gasteiger partial charge < -0.3 is 9.84 Å². The molecular weight excluding hydrogens is 392 g/mol. The van der Waals surface area contributed by atoms with Crippen molar-refractivity contribution in [2.75, 3.05) is 6.26 Å². The molecule has 2 rings (SSSR count). The number of ketones is 1. The lowest BCUT2D eigenvalue weighted by atomic mass is 9.64. The van der Waals surface area contributed by atoms with Gasteiger partial charge in [-0.05, 0) is 61.4 Å². The van der Waals surface area contributed by atoms with Crippen LogP contribution in [0.4, 0.5) is 0 Å². The number of hydrogen-bond acceptors (Lipinski definition) is 6. The number of allylic oxidation sites excluding steroid dienone is 3. The van der Waals surface area contributed by atoms with E-state index in [0.29, 0.717) is 11.1 Å². The average Bonchev–Trinajstić information content (AvgIpc) is 2.57. The number of sulfone groups is 1. The largest absolute Gasteiger partial charge is 0.423 e. The molecule has 156 valence electrons. The molecule has 1 aliphatic rings. The normalized spacial score (nSPS) is 22.5. The van der Waals surface area contributed by atoms with Gasteiger partial charge >= 0.3 is 5.97 Å². The third-order valence-electron chi connectivity index (χ3n) is 5.03. The molecule has 29 heavy (non-hydrogen) atoms. The Labute approximate surface area is 171 Å². The van der Waals surface area contributed by atoms with E-state index < -0.39 is 26.8 Å². The molecule has 0 spiro atoms. The topological polar surface area (TPSA) is 97.7 Å². The Bertz CT molecular complexity index is 1010. The van der Waals surface area contributed by atoms with E-state index in [0.717, 1.165) is 6.26 Å². The lowest BCUT2D eigenvalue weighted by Crippen LogP contribution is -2.48. The van der Waals surface area contributed by atoms with Crippen molar-refractivity contribution in [2.24, 2.45) is 5.41 Å². The Balaban J connectivity index is 2.13. The van der Waals surface area contributed by atoms with E-state index >= 15 is 0 Å². The van der Waals surface area contributed by atoms with E-state index in [9.17, 15) is 23.1 Å². The van der Waals surface area contributed by atoms with Crippen LogP contribution in [0.15, 0.2) is 64.6 Å². The van der Waals surface area contributed by atoms with Gasteiger partial charge in [-0.15, -0.1) is 0 Å². The summed E-state index contributed by atoms with van der Waals surface area (Å²) < 4.78 is 28.1. The van der Waals surface area contributed by atoms with Crippen LogP contribution in [0.2, 0.25) is 0 Å². The van der Waals surface area contributed by atoms with Crippen molar-refractivity contribution in [1.29, 1.82) is 0 Å². The van der Waals surface area contributed by atoms with Crippen molar-refractivity contribution in [3.05, 3.63) is 59.7 Å². The predicted octanol–water partition coefficient (Wildman–Crippen LogP) is 3.17. The molecule has 0 aliphatic heterocycles. The van der Waals surface area contributed by atoms with E-state index in [1.54, 1.807) is 26.0 Å². The Morgan fingerprint density at radius 1 is 1.21 bits per heavy atom. The zero-order chi connectivity index (χ0) is 22.0. The first-order valence-electron chi connectivity index (χ1n) is 9.08. The van der Waals surface area contributed by atoms with Crippen LogP contribution in [0.25, 0.3) is 0 Å². The summed E-state index contributed by atoms with van der Waals surface area (Å²) in [5, 5.41) is 11.1. The van der Waals surface area contributed by atoms with Crippen LogP contribution < -0.4 is 4.74 Å². The molecule has 1 aromatic carbocycles. The second-order valence-corrected chi connectivity index (χ2v) is 10.0. The molecule has 0 bridgehead atoms. The van der Waals surface area contributed by atoms with Crippen LogP contribution >= 0.6 is 0 Å². The Morgan fingerprint density at radius 3 is 2.31 bits per heavy atom. The lowest BCUT2D eigenvalue weighted by Gasteiger charge is -2.43. The number of carbonyl (C=O) groups is 2. The standard InChI is InChI=1S/C22H26O6S/c1-15(10-11-22(25)16(2)13-17(23)14-21(22,3)4)12-20(24)28-18-6-8-19(9-7-18)29(5,26)27/h6-13,25H,14H2,1-5H3/b11-10+,15-12+. The summed E-state index contributed by atoms with van der Waals surface area (Å²) in [4.78, 5) is 24.0. The Kier molecular flexibility index (Phi) is 6.35. The van der Waals surface area contributed by atoms with Crippen LogP contribution in [0.1, 0.15) is 34.1 Å². The molecule has 0 saturated heterocycles. The second-order valence-electron chi connectivity index (χ2n) is 8.01. The van der Waals surface area contributed by atoms with Crippen molar-refractivity contribution in [3.63, 3.8) is 0 Å². The molecule has 1 N–H and O–H groups in total. The second kappa shape index (κ2) is 8.08. The SMILES string of the molecule is CC1=CC(=O)CC(C)(C)C1(O)/C=C/C(C)=C/C(=O)Oc1ccc(S(C)(=O)=O)cc1. The first-order chi connectivity index (χ1) is 13.2. The van der Waals surface area contributed by atoms with Gasteiger partial charge in [0.1, 0.15) is 11.4 Å². The third kappa shape index (κ3) is 5.31. The molecule has 1 unspecified atom stereocenters. The number of hydrogen-bond donors (Lipinski definition) is 1. The maximum atomic E-state index is 12.1. The summed E-state index contributed by atoms with van der Waals surface area (Å²) >= 11 is 0. The monoisotopic (exact) mass is 418 g/mol. The molecule has 0 heterocycles. The molecule has 6 nitrogen and oxygen atoms in total. The van der Waals surface area contributed by atoms with E-state index in [4.69, 9.17) is 4.74 Å². The van der Waals surface area contributed by atoms with E-state index in [2.05, 4.69) is 0 Å². The third-order valence-corrected chi connectivity index (χ3v) is 6.16. The quantitative estimate of drug-likeness (QED) is 0.341. The maximum absolute atomic E-state index is 12.1. The summed E-state index contributed by atoms with van der Waals surface area (Å²) in [6.07, 6.45) is 7.24. The lowest BCUT2D eigenvalue weighted by molar-refractivity contribution is -0.129. The molecule has 0 radical (unpaired) electrons. The number of ether oxygens (including phenoxy) is 1. The van der Waals surface area contributed by atoms with E-state index in [1.807, 2.05) is 13.8 Å². The average molecular weight is 419 g/mol. The van der Waals surface area contributed by atoms with Gasteiger partial charge in [-0.25, -0.2) is 13.2 Å². The molecule has 1 atom stereocenters. The molecule has 7 heteroatoms. The first-order valence-corrected chi connectivity index (χ1v) is 11.0. The minimum Gasteiger partial charge on any atom is -0.423 e. The van der Waals surface area contributed by atoms with Gasteiger partial charge in [0.05, 0.1) is 4.90 Å². The van der Waals surface area contributed by atoms with Gasteiger partial charge in [-0.3, -0.25) is 4.79 Å². The van der Waals surface area contributed by atoms with Gasteiger partial charge in [0.15, 0.2) is 15.6 Å². The summed E-state index contributed by atoms with van der Waals surface area (Å²) in [5.41, 5.74) is -0.879. The zero-order valence-corrected chi connectivity index (χ0v) is 18.0. The maximum Gasteiger partial charge on any atom is 0.336 e.